The molecule has 21 heavy (non-hydrogen) atoms. The van der Waals surface area contributed by atoms with Crippen LogP contribution in [0.25, 0.3) is 0 Å². The third-order valence-corrected chi connectivity index (χ3v) is 4.67. The number of nitrogens with zero attached hydrogens (tertiary/aromatic N) is 3. The number of nitrogens with two attached hydrogens (primary N) is 1. The predicted octanol–water partition coefficient (Wildman–Crippen LogP) is 1.52. The third-order valence-electron chi connectivity index (χ3n) is 4.67. The Bertz CT molecular complexity index is 482. The molecule has 3 atom stereocenters. The van der Waals surface area contributed by atoms with Crippen LogP contribution in [-0.4, -0.2) is 46.8 Å². The van der Waals surface area contributed by atoms with E-state index in [0.717, 1.165) is 19.7 Å². The van der Waals surface area contributed by atoms with Gasteiger partial charge in [0, 0.05) is 25.0 Å². The highest BCUT2D eigenvalue weighted by Gasteiger charge is 2.35. The Hall–Kier alpha value is -0.980. The molecule has 0 aromatic carbocycles. The van der Waals surface area contributed by atoms with Gasteiger partial charge in [-0.2, -0.15) is 4.98 Å². The quantitative estimate of drug-likeness (QED) is 0.910. The van der Waals surface area contributed by atoms with Gasteiger partial charge in [0.15, 0.2) is 0 Å². The Morgan fingerprint density at radius 2 is 2.24 bits per heavy atom. The van der Waals surface area contributed by atoms with E-state index < -0.39 is 0 Å². The molecule has 6 heteroatoms. The second-order valence-corrected chi connectivity index (χ2v) is 7.34. The normalized spacial score (nSPS) is 28.6. The highest BCUT2D eigenvalue weighted by molar-refractivity contribution is 4.98. The maximum absolute atomic E-state index is 6.17. The SMILES string of the molecule is CC(C)(C)C(N)Cc1nc(C2CN3CCCC3CO2)no1. The minimum atomic E-state index is -0.0669. The van der Waals surface area contributed by atoms with Crippen LogP contribution < -0.4 is 5.73 Å². The lowest BCUT2D eigenvalue weighted by Gasteiger charge is -2.33. The Labute approximate surface area is 126 Å². The molecule has 118 valence electrons. The Balaban J connectivity index is 1.62. The summed E-state index contributed by atoms with van der Waals surface area (Å²) in [7, 11) is 0. The summed E-state index contributed by atoms with van der Waals surface area (Å²) in [6.45, 7) is 9.15. The van der Waals surface area contributed by atoms with Gasteiger partial charge in [-0.15, -0.1) is 0 Å². The number of morpholine rings is 1. The van der Waals surface area contributed by atoms with E-state index in [1.54, 1.807) is 0 Å². The molecular weight excluding hydrogens is 268 g/mol. The predicted molar refractivity (Wildman–Crippen MR) is 78.7 cm³/mol. The van der Waals surface area contributed by atoms with E-state index in [-0.39, 0.29) is 17.6 Å². The van der Waals surface area contributed by atoms with Crippen LogP contribution in [0.1, 0.15) is 51.4 Å². The van der Waals surface area contributed by atoms with Crippen molar-refractivity contribution >= 4 is 0 Å². The summed E-state index contributed by atoms with van der Waals surface area (Å²) < 4.78 is 11.3. The maximum Gasteiger partial charge on any atom is 0.228 e. The number of aromatic nitrogens is 2. The molecule has 3 rings (SSSR count). The average Bonchev–Trinajstić information content (AvgIpc) is 3.04. The molecule has 2 fully saturated rings. The molecule has 2 N–H and O–H groups in total. The summed E-state index contributed by atoms with van der Waals surface area (Å²) in [6.07, 6.45) is 3.04. The van der Waals surface area contributed by atoms with Crippen LogP contribution in [0.5, 0.6) is 0 Å². The first-order valence-corrected chi connectivity index (χ1v) is 7.87. The van der Waals surface area contributed by atoms with Gasteiger partial charge in [-0.1, -0.05) is 25.9 Å². The number of hydrogen-bond acceptors (Lipinski definition) is 6. The van der Waals surface area contributed by atoms with Crippen molar-refractivity contribution in [3.63, 3.8) is 0 Å². The zero-order valence-corrected chi connectivity index (χ0v) is 13.2. The molecule has 0 spiro atoms. The van der Waals surface area contributed by atoms with Gasteiger partial charge in [0.25, 0.3) is 0 Å². The molecule has 0 amide bonds. The minimum Gasteiger partial charge on any atom is -0.367 e. The van der Waals surface area contributed by atoms with Gasteiger partial charge in [-0.3, -0.25) is 4.90 Å². The van der Waals surface area contributed by atoms with Crippen LogP contribution in [0.3, 0.4) is 0 Å². The molecule has 3 unspecified atom stereocenters. The van der Waals surface area contributed by atoms with Gasteiger partial charge in [0.2, 0.25) is 11.7 Å². The second kappa shape index (κ2) is 5.66. The van der Waals surface area contributed by atoms with Crippen molar-refractivity contribution in [3.05, 3.63) is 11.7 Å². The van der Waals surface area contributed by atoms with E-state index in [2.05, 4.69) is 35.8 Å². The van der Waals surface area contributed by atoms with Crippen molar-refractivity contribution < 1.29 is 9.26 Å². The lowest BCUT2D eigenvalue weighted by Crippen LogP contribution is -2.42. The molecular formula is C15H26N4O2. The standard InChI is InChI=1S/C15H26N4O2/c1-15(2,3)12(16)7-13-17-14(18-21-13)11-8-19-6-4-5-10(19)9-20-11/h10-12H,4-9,16H2,1-3H3. The summed E-state index contributed by atoms with van der Waals surface area (Å²) in [4.78, 5) is 6.97. The number of ether oxygens (including phenoxy) is 1. The molecule has 0 saturated carbocycles. The van der Waals surface area contributed by atoms with Crippen LogP contribution in [0, 0.1) is 5.41 Å². The average molecular weight is 294 g/mol. The van der Waals surface area contributed by atoms with Gasteiger partial charge < -0.3 is 15.0 Å². The van der Waals surface area contributed by atoms with E-state index >= 15 is 0 Å². The Kier molecular flexibility index (Phi) is 4.03. The van der Waals surface area contributed by atoms with Crippen molar-refractivity contribution in [2.75, 3.05) is 19.7 Å². The molecule has 2 aliphatic rings. The fourth-order valence-corrected chi connectivity index (χ4v) is 2.95. The van der Waals surface area contributed by atoms with Crippen molar-refractivity contribution in [2.45, 2.75) is 58.2 Å². The van der Waals surface area contributed by atoms with E-state index in [1.807, 2.05) is 0 Å². The van der Waals surface area contributed by atoms with Crippen LogP contribution in [-0.2, 0) is 11.2 Å². The maximum atomic E-state index is 6.17. The Morgan fingerprint density at radius 3 is 3.00 bits per heavy atom. The summed E-state index contributed by atoms with van der Waals surface area (Å²) in [5.41, 5.74) is 6.20. The van der Waals surface area contributed by atoms with E-state index in [0.29, 0.717) is 24.2 Å². The second-order valence-electron chi connectivity index (χ2n) is 7.34. The fourth-order valence-electron chi connectivity index (χ4n) is 2.95. The smallest absolute Gasteiger partial charge is 0.228 e. The van der Waals surface area contributed by atoms with Gasteiger partial charge in [-0.25, -0.2) is 0 Å². The largest absolute Gasteiger partial charge is 0.367 e. The molecule has 2 saturated heterocycles. The number of rotatable bonds is 3. The zero-order valence-electron chi connectivity index (χ0n) is 13.2. The van der Waals surface area contributed by atoms with Gasteiger partial charge >= 0.3 is 0 Å². The van der Waals surface area contributed by atoms with E-state index in [1.165, 1.54) is 12.8 Å². The zero-order chi connectivity index (χ0) is 15.0. The molecule has 1 aromatic rings. The molecule has 2 aliphatic heterocycles. The van der Waals surface area contributed by atoms with Crippen LogP contribution in [0.15, 0.2) is 4.52 Å². The van der Waals surface area contributed by atoms with E-state index in [4.69, 9.17) is 15.0 Å². The molecule has 6 nitrogen and oxygen atoms in total. The summed E-state index contributed by atoms with van der Waals surface area (Å²) >= 11 is 0. The van der Waals surface area contributed by atoms with Crippen LogP contribution in [0.2, 0.25) is 0 Å². The molecule has 3 heterocycles. The third kappa shape index (κ3) is 3.27. The first kappa shape index (κ1) is 14.9. The summed E-state index contributed by atoms with van der Waals surface area (Å²) in [5.74, 6) is 1.27. The van der Waals surface area contributed by atoms with Crippen LogP contribution >= 0.6 is 0 Å². The molecule has 0 bridgehead atoms. The highest BCUT2D eigenvalue weighted by atomic mass is 16.5. The fraction of sp³-hybridized carbons (Fsp3) is 0.867. The van der Waals surface area contributed by atoms with E-state index in [9.17, 15) is 0 Å². The van der Waals surface area contributed by atoms with Gasteiger partial charge in [0.05, 0.1) is 6.61 Å². The van der Waals surface area contributed by atoms with Crippen molar-refractivity contribution in [2.24, 2.45) is 11.1 Å². The first-order chi connectivity index (χ1) is 9.93. The Morgan fingerprint density at radius 1 is 1.43 bits per heavy atom. The molecule has 0 radical (unpaired) electrons. The summed E-state index contributed by atoms with van der Waals surface area (Å²) in [6, 6.07) is 0.586. The van der Waals surface area contributed by atoms with Crippen molar-refractivity contribution in [1.82, 2.24) is 15.0 Å². The van der Waals surface area contributed by atoms with Gasteiger partial charge in [0.1, 0.15) is 6.10 Å². The highest BCUT2D eigenvalue weighted by Crippen LogP contribution is 2.29. The summed E-state index contributed by atoms with van der Waals surface area (Å²) in [5, 5.41) is 4.10. The van der Waals surface area contributed by atoms with Crippen molar-refractivity contribution in [1.29, 1.82) is 0 Å². The molecule has 0 aliphatic carbocycles. The monoisotopic (exact) mass is 294 g/mol. The van der Waals surface area contributed by atoms with Crippen LogP contribution in [0.4, 0.5) is 0 Å². The lowest BCUT2D eigenvalue weighted by molar-refractivity contribution is -0.0548. The van der Waals surface area contributed by atoms with Gasteiger partial charge in [-0.05, 0) is 24.8 Å². The minimum absolute atomic E-state index is 0.000960. The molecule has 1 aromatic heterocycles. The number of fused-ring (bicyclic) bond motifs is 1. The van der Waals surface area contributed by atoms with Crippen molar-refractivity contribution in [3.8, 4) is 0 Å². The number of hydrogen-bond donors (Lipinski definition) is 1. The lowest BCUT2D eigenvalue weighted by atomic mass is 9.85. The first-order valence-electron chi connectivity index (χ1n) is 7.87. The topological polar surface area (TPSA) is 77.4 Å².